The summed E-state index contributed by atoms with van der Waals surface area (Å²) in [7, 11) is 0. The van der Waals surface area contributed by atoms with Crippen molar-refractivity contribution in [2.45, 2.75) is 18.4 Å². The summed E-state index contributed by atoms with van der Waals surface area (Å²) in [5, 5.41) is 13.8. The molecule has 3 rings (SSSR count). The van der Waals surface area contributed by atoms with E-state index in [-0.39, 0.29) is 24.8 Å². The molecular formula is C16H15NO3S. The highest BCUT2D eigenvalue weighted by molar-refractivity contribution is 7.07. The van der Waals surface area contributed by atoms with Gasteiger partial charge in [-0.1, -0.05) is 30.3 Å². The van der Waals surface area contributed by atoms with E-state index in [0.29, 0.717) is 0 Å². The van der Waals surface area contributed by atoms with Crippen LogP contribution in [0.1, 0.15) is 29.6 Å². The number of hydrogen-bond acceptors (Lipinski definition) is 4. The van der Waals surface area contributed by atoms with Crippen molar-refractivity contribution < 1.29 is 14.7 Å². The Hall–Kier alpha value is -1.98. The maximum Gasteiger partial charge on any atom is 0.237 e. The Morgan fingerprint density at radius 3 is 2.67 bits per heavy atom. The smallest absolute Gasteiger partial charge is 0.237 e. The highest BCUT2D eigenvalue weighted by atomic mass is 32.1. The highest BCUT2D eigenvalue weighted by Crippen LogP contribution is 2.31. The van der Waals surface area contributed by atoms with E-state index < -0.39 is 12.0 Å². The second-order valence-corrected chi connectivity index (χ2v) is 5.86. The lowest BCUT2D eigenvalue weighted by Gasteiger charge is -2.18. The maximum atomic E-state index is 12.4. The number of β-amino-alcohol motifs (C(OH)–C–C–N with tert-alkyl or cyclic N) is 1. The van der Waals surface area contributed by atoms with Crippen LogP contribution >= 0.6 is 11.3 Å². The van der Waals surface area contributed by atoms with Crippen LogP contribution in [-0.4, -0.2) is 28.4 Å². The van der Waals surface area contributed by atoms with Crippen LogP contribution in [0.15, 0.2) is 47.2 Å². The average Bonchev–Trinajstić information content (AvgIpc) is 3.12. The van der Waals surface area contributed by atoms with Crippen LogP contribution in [0, 0.1) is 0 Å². The summed E-state index contributed by atoms with van der Waals surface area (Å²) < 4.78 is 0. The van der Waals surface area contributed by atoms with Gasteiger partial charge in [-0.25, -0.2) is 0 Å². The number of hydrogen-bond donors (Lipinski definition) is 1. The summed E-state index contributed by atoms with van der Waals surface area (Å²) >= 11 is 1.48. The third-order valence-electron chi connectivity index (χ3n) is 3.73. The van der Waals surface area contributed by atoms with Crippen molar-refractivity contribution in [3.05, 3.63) is 58.3 Å². The van der Waals surface area contributed by atoms with E-state index in [0.717, 1.165) is 11.1 Å². The normalized spacial score (nSPS) is 20.0. The molecule has 4 nitrogen and oxygen atoms in total. The number of imide groups is 1. The Labute approximate surface area is 126 Å². The van der Waals surface area contributed by atoms with Crippen molar-refractivity contribution in [2.75, 3.05) is 6.54 Å². The number of carbonyl (C=O) groups excluding carboxylic acids is 2. The summed E-state index contributed by atoms with van der Waals surface area (Å²) in [6.45, 7) is 0.0255. The van der Waals surface area contributed by atoms with Gasteiger partial charge in [-0.15, -0.1) is 0 Å². The minimum Gasteiger partial charge on any atom is -0.387 e. The van der Waals surface area contributed by atoms with Crippen LogP contribution in [0.2, 0.25) is 0 Å². The number of nitrogens with zero attached hydrogens (tertiary/aromatic N) is 1. The number of likely N-dealkylation sites (tertiary alicyclic amines) is 1. The van der Waals surface area contributed by atoms with Gasteiger partial charge < -0.3 is 5.11 Å². The summed E-state index contributed by atoms with van der Waals surface area (Å²) in [4.78, 5) is 25.7. The third kappa shape index (κ3) is 2.75. The molecule has 2 unspecified atom stereocenters. The van der Waals surface area contributed by atoms with E-state index in [9.17, 15) is 14.7 Å². The van der Waals surface area contributed by atoms with Crippen molar-refractivity contribution in [1.29, 1.82) is 0 Å². The fourth-order valence-corrected chi connectivity index (χ4v) is 3.27. The molecule has 1 saturated heterocycles. The van der Waals surface area contributed by atoms with E-state index in [4.69, 9.17) is 0 Å². The van der Waals surface area contributed by atoms with Crippen LogP contribution < -0.4 is 0 Å². The SMILES string of the molecule is O=C1CC(c2ccccc2)C(=O)N1CC(O)c1ccsc1. The van der Waals surface area contributed by atoms with E-state index >= 15 is 0 Å². The van der Waals surface area contributed by atoms with Crippen LogP contribution in [0.4, 0.5) is 0 Å². The van der Waals surface area contributed by atoms with Gasteiger partial charge in [-0.05, 0) is 28.0 Å². The minimum atomic E-state index is -0.821. The predicted octanol–water partition coefficient (Wildman–Crippen LogP) is 2.32. The van der Waals surface area contributed by atoms with Gasteiger partial charge in [-0.2, -0.15) is 11.3 Å². The molecular weight excluding hydrogens is 286 g/mol. The Morgan fingerprint density at radius 1 is 1.24 bits per heavy atom. The number of rotatable bonds is 4. The first-order valence-corrected chi connectivity index (χ1v) is 7.70. The number of carbonyl (C=O) groups is 2. The van der Waals surface area contributed by atoms with Crippen molar-refractivity contribution in [1.82, 2.24) is 4.90 Å². The molecule has 0 spiro atoms. The van der Waals surface area contributed by atoms with Crippen molar-refractivity contribution in [2.24, 2.45) is 0 Å². The Balaban J connectivity index is 1.75. The van der Waals surface area contributed by atoms with Gasteiger partial charge in [0.15, 0.2) is 0 Å². The minimum absolute atomic E-state index is 0.0255. The van der Waals surface area contributed by atoms with Gasteiger partial charge in [0.25, 0.3) is 0 Å². The molecule has 108 valence electrons. The first kappa shape index (κ1) is 14.0. The fourth-order valence-electron chi connectivity index (χ4n) is 2.56. The second-order valence-electron chi connectivity index (χ2n) is 5.08. The van der Waals surface area contributed by atoms with Gasteiger partial charge in [0.2, 0.25) is 11.8 Å². The molecule has 1 aromatic heterocycles. The summed E-state index contributed by atoms with van der Waals surface area (Å²) in [6, 6.07) is 11.1. The summed E-state index contributed by atoms with van der Waals surface area (Å²) in [6.07, 6.45) is -0.641. The summed E-state index contributed by atoms with van der Waals surface area (Å²) in [5.74, 6) is -0.864. The van der Waals surface area contributed by atoms with E-state index in [1.807, 2.05) is 41.1 Å². The zero-order chi connectivity index (χ0) is 14.8. The van der Waals surface area contributed by atoms with Crippen LogP contribution in [0.3, 0.4) is 0 Å². The molecule has 0 radical (unpaired) electrons. The van der Waals surface area contributed by atoms with Crippen molar-refractivity contribution in [3.8, 4) is 0 Å². The molecule has 2 atom stereocenters. The molecule has 2 heterocycles. The zero-order valence-electron chi connectivity index (χ0n) is 11.3. The zero-order valence-corrected chi connectivity index (χ0v) is 12.1. The molecule has 21 heavy (non-hydrogen) atoms. The third-order valence-corrected chi connectivity index (χ3v) is 4.43. The second kappa shape index (κ2) is 5.79. The fraction of sp³-hybridized carbons (Fsp3) is 0.250. The Kier molecular flexibility index (Phi) is 3.86. The number of aliphatic hydroxyl groups is 1. The standard InChI is InChI=1S/C16H15NO3S/c18-14(12-6-7-21-10-12)9-17-15(19)8-13(16(17)20)11-4-2-1-3-5-11/h1-7,10,13-14,18H,8-9H2. The molecule has 1 fully saturated rings. The highest BCUT2D eigenvalue weighted by Gasteiger charge is 2.40. The van der Waals surface area contributed by atoms with Crippen LogP contribution in [-0.2, 0) is 9.59 Å². The first-order valence-electron chi connectivity index (χ1n) is 6.76. The van der Waals surface area contributed by atoms with Crippen LogP contribution in [0.5, 0.6) is 0 Å². The molecule has 1 aromatic carbocycles. The topological polar surface area (TPSA) is 57.6 Å². The molecule has 2 aromatic rings. The molecule has 0 bridgehead atoms. The molecule has 2 amide bonds. The first-order chi connectivity index (χ1) is 10.2. The Morgan fingerprint density at radius 2 is 2.00 bits per heavy atom. The molecule has 0 saturated carbocycles. The number of aliphatic hydroxyl groups excluding tert-OH is 1. The molecule has 1 aliphatic rings. The van der Waals surface area contributed by atoms with Gasteiger partial charge in [-0.3, -0.25) is 14.5 Å². The van der Waals surface area contributed by atoms with Gasteiger partial charge in [0, 0.05) is 6.42 Å². The molecule has 1 aliphatic heterocycles. The maximum absolute atomic E-state index is 12.4. The quantitative estimate of drug-likeness (QED) is 0.882. The average molecular weight is 301 g/mol. The number of benzene rings is 1. The lowest BCUT2D eigenvalue weighted by molar-refractivity contribution is -0.140. The Bertz CT molecular complexity index is 639. The van der Waals surface area contributed by atoms with Gasteiger partial charge in [0.1, 0.15) is 0 Å². The molecule has 0 aliphatic carbocycles. The monoisotopic (exact) mass is 301 g/mol. The van der Waals surface area contributed by atoms with Gasteiger partial charge >= 0.3 is 0 Å². The lowest BCUT2D eigenvalue weighted by atomic mass is 9.98. The van der Waals surface area contributed by atoms with E-state index in [2.05, 4.69) is 0 Å². The summed E-state index contributed by atoms with van der Waals surface area (Å²) in [5.41, 5.74) is 1.59. The van der Waals surface area contributed by atoms with E-state index in [1.54, 1.807) is 6.07 Å². The van der Waals surface area contributed by atoms with Gasteiger partial charge in [0.05, 0.1) is 18.6 Å². The van der Waals surface area contributed by atoms with Crippen LogP contribution in [0.25, 0.3) is 0 Å². The largest absolute Gasteiger partial charge is 0.387 e. The molecule has 1 N–H and O–H groups in total. The number of amides is 2. The van der Waals surface area contributed by atoms with Crippen molar-refractivity contribution >= 4 is 23.2 Å². The van der Waals surface area contributed by atoms with Crippen molar-refractivity contribution in [3.63, 3.8) is 0 Å². The molecule has 5 heteroatoms. The van der Waals surface area contributed by atoms with E-state index in [1.165, 1.54) is 16.2 Å². The number of thiophene rings is 1. The predicted molar refractivity (Wildman–Crippen MR) is 79.8 cm³/mol. The lowest BCUT2D eigenvalue weighted by Crippen LogP contribution is -2.34.